The van der Waals surface area contributed by atoms with Crippen molar-refractivity contribution < 1.29 is 37.5 Å². The van der Waals surface area contributed by atoms with E-state index in [4.69, 9.17) is 32.7 Å². The number of nitrogens with zero attached hydrogens (tertiary/aromatic N) is 3. The number of H-pyrrole nitrogens is 1. The predicted molar refractivity (Wildman–Crippen MR) is 248 cm³/mol. The highest BCUT2D eigenvalue weighted by Gasteiger charge is 2.54. The summed E-state index contributed by atoms with van der Waals surface area (Å²) < 4.78 is 48.9. The van der Waals surface area contributed by atoms with E-state index in [1.807, 2.05) is 84.9 Å². The lowest BCUT2D eigenvalue weighted by Gasteiger charge is -2.43. The van der Waals surface area contributed by atoms with Crippen LogP contribution in [-0.4, -0.2) is 78.0 Å². The summed E-state index contributed by atoms with van der Waals surface area (Å²) in [5.41, 5.74) is -0.506. The Kier molecular flexibility index (Phi) is 16.9. The van der Waals surface area contributed by atoms with Gasteiger partial charge in [-0.2, -0.15) is 5.26 Å². The Hall–Kier alpha value is -5.65. The molecule has 0 saturated carbocycles. The van der Waals surface area contributed by atoms with E-state index in [1.165, 1.54) is 10.8 Å². The highest BCUT2D eigenvalue weighted by molar-refractivity contribution is 7.44. The van der Waals surface area contributed by atoms with Gasteiger partial charge >= 0.3 is 11.7 Å². The van der Waals surface area contributed by atoms with Crippen molar-refractivity contribution >= 4 is 14.5 Å². The fourth-order valence-corrected chi connectivity index (χ4v) is 10.1. The Morgan fingerprint density at radius 3 is 2.00 bits per heavy atom. The lowest BCUT2D eigenvalue weighted by atomic mass is 9.79. The summed E-state index contributed by atoms with van der Waals surface area (Å²) in [4.78, 5) is 41.9. The first-order valence-electron chi connectivity index (χ1n) is 21.8. The van der Waals surface area contributed by atoms with Crippen molar-refractivity contribution in [2.75, 3.05) is 34.0 Å². The number of ether oxygens (including phenoxy) is 5. The van der Waals surface area contributed by atoms with Crippen LogP contribution in [0.1, 0.15) is 92.2 Å². The Labute approximate surface area is 381 Å². The fourth-order valence-electron chi connectivity index (χ4n) is 8.26. The molecule has 5 aromatic rings. The number of aromatic amines is 1. The summed E-state index contributed by atoms with van der Waals surface area (Å²) in [5, 5.41) is 9.57. The SMILES string of the molecule is COc1ccc(C(OC[C@H]2O[C@@H](n3cc(C)c(=O)[nH]c3=O)C[C@]2(CCCOC(=O)c2ccccc2)OP(OCCC#N)N(C(C)C)C(C)C)(c2ccccc2)c2ccc(OC)cc2)cc1. The predicted octanol–water partition coefficient (Wildman–Crippen LogP) is 8.83. The number of hydrogen-bond donors (Lipinski definition) is 1. The number of hydrogen-bond acceptors (Lipinski definition) is 12. The van der Waals surface area contributed by atoms with Gasteiger partial charge in [-0.3, -0.25) is 14.3 Å². The lowest BCUT2D eigenvalue weighted by molar-refractivity contribution is -0.118. The van der Waals surface area contributed by atoms with E-state index in [0.717, 1.165) is 16.7 Å². The second kappa shape index (κ2) is 22.5. The van der Waals surface area contributed by atoms with Crippen molar-refractivity contribution in [2.45, 2.75) is 95.9 Å². The number of benzene rings is 4. The molecule has 0 radical (unpaired) electrons. The van der Waals surface area contributed by atoms with Gasteiger partial charge in [0, 0.05) is 30.3 Å². The van der Waals surface area contributed by atoms with Crippen LogP contribution >= 0.6 is 8.53 Å². The average molecular weight is 907 g/mol. The van der Waals surface area contributed by atoms with Crippen LogP contribution in [0.25, 0.3) is 0 Å². The zero-order valence-electron chi connectivity index (χ0n) is 38.1. The van der Waals surface area contributed by atoms with E-state index in [1.54, 1.807) is 45.4 Å². The molecule has 1 N–H and O–H groups in total. The smallest absolute Gasteiger partial charge is 0.338 e. The molecule has 1 fully saturated rings. The van der Waals surface area contributed by atoms with Gasteiger partial charge in [0.1, 0.15) is 35.0 Å². The van der Waals surface area contributed by atoms with Crippen LogP contribution in [0.5, 0.6) is 11.5 Å². The molecule has 14 nitrogen and oxygen atoms in total. The monoisotopic (exact) mass is 906 g/mol. The van der Waals surface area contributed by atoms with Gasteiger partial charge in [-0.25, -0.2) is 14.3 Å². The largest absolute Gasteiger partial charge is 0.497 e. The molecule has 2 heterocycles. The molecule has 1 aliphatic heterocycles. The molecular weight excluding hydrogens is 848 g/mol. The Morgan fingerprint density at radius 2 is 1.45 bits per heavy atom. The molecule has 4 aromatic carbocycles. The molecule has 65 heavy (non-hydrogen) atoms. The zero-order valence-corrected chi connectivity index (χ0v) is 39.0. The molecular formula is C50H59N4O10P. The molecule has 344 valence electrons. The van der Waals surface area contributed by atoms with Crippen molar-refractivity contribution in [3.8, 4) is 17.6 Å². The van der Waals surface area contributed by atoms with E-state index in [9.17, 15) is 19.6 Å². The second-order valence-corrected chi connectivity index (χ2v) is 17.8. The number of nitriles is 1. The number of carbonyl (C=O) groups is 1. The number of carbonyl (C=O) groups excluding carboxylic acids is 1. The maximum atomic E-state index is 13.6. The molecule has 0 bridgehead atoms. The van der Waals surface area contributed by atoms with E-state index in [2.05, 4.69) is 43.4 Å². The third-order valence-electron chi connectivity index (χ3n) is 11.4. The summed E-state index contributed by atoms with van der Waals surface area (Å²) in [6.45, 7) is 9.90. The van der Waals surface area contributed by atoms with Crippen molar-refractivity contribution in [3.05, 3.63) is 164 Å². The van der Waals surface area contributed by atoms with Crippen LogP contribution in [0.4, 0.5) is 0 Å². The minimum atomic E-state index is -1.89. The number of aromatic nitrogens is 2. The minimum Gasteiger partial charge on any atom is -0.497 e. The first-order chi connectivity index (χ1) is 31.3. The van der Waals surface area contributed by atoms with Gasteiger partial charge in [-0.1, -0.05) is 72.8 Å². The summed E-state index contributed by atoms with van der Waals surface area (Å²) in [5.74, 6) is 0.869. The topological polar surface area (TPSA) is 164 Å². The molecule has 1 unspecified atom stereocenters. The van der Waals surface area contributed by atoms with E-state index in [-0.39, 0.29) is 51.2 Å². The van der Waals surface area contributed by atoms with E-state index >= 15 is 0 Å². The molecule has 1 aliphatic rings. The fraction of sp³-hybridized carbons (Fsp3) is 0.400. The molecule has 0 aliphatic carbocycles. The molecule has 1 aromatic heterocycles. The first kappa shape index (κ1) is 48.8. The highest BCUT2D eigenvalue weighted by atomic mass is 31.2. The van der Waals surface area contributed by atoms with Crippen LogP contribution in [0.2, 0.25) is 0 Å². The van der Waals surface area contributed by atoms with Crippen LogP contribution in [-0.2, 0) is 28.9 Å². The highest BCUT2D eigenvalue weighted by Crippen LogP contribution is 2.56. The number of rotatable bonds is 22. The van der Waals surface area contributed by atoms with Crippen molar-refractivity contribution in [2.24, 2.45) is 0 Å². The summed E-state index contributed by atoms with van der Waals surface area (Å²) >= 11 is 0. The molecule has 4 atom stereocenters. The number of aryl methyl sites for hydroxylation is 1. The van der Waals surface area contributed by atoms with Gasteiger partial charge in [0.2, 0.25) is 0 Å². The number of methoxy groups -OCH3 is 2. The molecule has 0 amide bonds. The number of nitrogens with one attached hydrogen (secondary N) is 1. The third-order valence-corrected chi connectivity index (χ3v) is 13.6. The Balaban J connectivity index is 1.51. The normalized spacial score (nSPS) is 17.9. The van der Waals surface area contributed by atoms with Gasteiger partial charge in [0.15, 0.2) is 0 Å². The summed E-state index contributed by atoms with van der Waals surface area (Å²) in [6, 6.07) is 36.1. The average Bonchev–Trinajstić information content (AvgIpc) is 3.67. The third kappa shape index (κ3) is 11.4. The lowest BCUT2D eigenvalue weighted by Crippen LogP contribution is -2.47. The van der Waals surface area contributed by atoms with Gasteiger partial charge in [0.05, 0.1) is 52.1 Å². The number of esters is 1. The Morgan fingerprint density at radius 1 is 0.877 bits per heavy atom. The zero-order chi connectivity index (χ0) is 46.6. The molecule has 1 saturated heterocycles. The van der Waals surface area contributed by atoms with Crippen molar-refractivity contribution in [3.63, 3.8) is 0 Å². The van der Waals surface area contributed by atoms with Crippen molar-refractivity contribution in [1.82, 2.24) is 14.2 Å². The maximum Gasteiger partial charge on any atom is 0.338 e. The van der Waals surface area contributed by atoms with Gasteiger partial charge in [-0.05, 0) is 101 Å². The Bertz CT molecular complexity index is 2400. The van der Waals surface area contributed by atoms with Gasteiger partial charge < -0.3 is 32.7 Å². The maximum absolute atomic E-state index is 13.6. The molecule has 0 spiro atoms. The second-order valence-electron chi connectivity index (χ2n) is 16.4. The quantitative estimate of drug-likeness (QED) is 0.0304. The molecule has 15 heteroatoms. The van der Waals surface area contributed by atoms with Crippen molar-refractivity contribution in [1.29, 1.82) is 5.26 Å². The van der Waals surface area contributed by atoms with Crippen LogP contribution in [0, 0.1) is 18.3 Å². The molecule has 6 rings (SSSR count). The van der Waals surface area contributed by atoms with Crippen LogP contribution in [0.3, 0.4) is 0 Å². The van der Waals surface area contributed by atoms with E-state index < -0.39 is 49.3 Å². The van der Waals surface area contributed by atoms with E-state index in [0.29, 0.717) is 29.0 Å². The first-order valence-corrected chi connectivity index (χ1v) is 22.9. The van der Waals surface area contributed by atoms with Gasteiger partial charge in [-0.15, -0.1) is 0 Å². The standard InChI is InChI=1S/C50H59N4O10P/c1-35(2)54(36(3)4)65(62-31-15-29-51)64-49(28-14-30-60-47(56)38-16-10-8-11-17-38)32-45(53-33-37(5)46(55)52-48(53)57)63-44(49)34-61-50(39-18-12-9-13-19-39,40-20-24-42(58-6)25-21-40)41-22-26-43(59-7)27-23-41/h8-13,16-27,33,35-36,44-45H,14-15,28,30-32,34H2,1-7H3,(H,52,55,57)/t44-,45-,49+,65?/m1/s1. The minimum absolute atomic E-state index is 0.0414. The van der Waals surface area contributed by atoms with Crippen LogP contribution < -0.4 is 20.7 Å². The van der Waals surface area contributed by atoms with Crippen LogP contribution in [0.15, 0.2) is 125 Å². The van der Waals surface area contributed by atoms with Gasteiger partial charge in [0.25, 0.3) is 14.1 Å². The summed E-state index contributed by atoms with van der Waals surface area (Å²) in [7, 11) is 1.34. The summed E-state index contributed by atoms with van der Waals surface area (Å²) in [6.07, 6.45) is 0.505.